The van der Waals surface area contributed by atoms with Gasteiger partial charge >= 0.3 is 0 Å². The lowest BCUT2D eigenvalue weighted by Crippen LogP contribution is -2.26. The van der Waals surface area contributed by atoms with Crippen LogP contribution in [-0.2, 0) is 6.42 Å². The van der Waals surface area contributed by atoms with Gasteiger partial charge in [-0.05, 0) is 29.5 Å². The van der Waals surface area contributed by atoms with Crippen molar-refractivity contribution in [3.05, 3.63) is 53.8 Å². The second kappa shape index (κ2) is 5.98. The van der Waals surface area contributed by atoms with Crippen LogP contribution in [0.15, 0.2) is 48.2 Å². The standard InChI is InChI=1S/C17H16N4OS/c22-9-12(7-11-8-18-15-4-2-1-3-13(11)15)21-16-14-5-6-23-17(14)20-10-19-16/h1-6,8,10,12,18,22H,7,9H2,(H,19,20,21). The Bertz CT molecular complexity index is 946. The molecule has 0 spiro atoms. The van der Waals surface area contributed by atoms with Crippen molar-refractivity contribution in [3.8, 4) is 0 Å². The van der Waals surface area contributed by atoms with Gasteiger partial charge in [0.05, 0.1) is 18.0 Å². The van der Waals surface area contributed by atoms with Crippen LogP contribution in [0.25, 0.3) is 21.1 Å². The lowest BCUT2D eigenvalue weighted by molar-refractivity contribution is 0.274. The molecule has 0 saturated carbocycles. The largest absolute Gasteiger partial charge is 0.394 e. The van der Waals surface area contributed by atoms with E-state index >= 15 is 0 Å². The quantitative estimate of drug-likeness (QED) is 0.527. The molecule has 4 rings (SSSR count). The van der Waals surface area contributed by atoms with E-state index in [0.717, 1.165) is 28.0 Å². The molecule has 0 aliphatic heterocycles. The van der Waals surface area contributed by atoms with Crippen molar-refractivity contribution < 1.29 is 5.11 Å². The summed E-state index contributed by atoms with van der Waals surface area (Å²) in [7, 11) is 0. The Kier molecular flexibility index (Phi) is 3.69. The van der Waals surface area contributed by atoms with Crippen LogP contribution in [0.5, 0.6) is 0 Å². The Morgan fingerprint density at radius 1 is 1.17 bits per heavy atom. The van der Waals surface area contributed by atoms with E-state index in [4.69, 9.17) is 0 Å². The van der Waals surface area contributed by atoms with E-state index in [2.05, 4.69) is 32.4 Å². The lowest BCUT2D eigenvalue weighted by atomic mass is 10.1. The second-order valence-corrected chi connectivity index (χ2v) is 6.34. The monoisotopic (exact) mass is 324 g/mol. The van der Waals surface area contributed by atoms with Gasteiger partial charge in [-0.25, -0.2) is 9.97 Å². The van der Waals surface area contributed by atoms with E-state index in [1.54, 1.807) is 17.7 Å². The molecular formula is C17H16N4OS. The van der Waals surface area contributed by atoms with Crippen LogP contribution in [0.2, 0.25) is 0 Å². The minimum atomic E-state index is -0.104. The molecule has 3 N–H and O–H groups in total. The van der Waals surface area contributed by atoms with Crippen molar-refractivity contribution in [2.45, 2.75) is 12.5 Å². The van der Waals surface area contributed by atoms with Crippen molar-refractivity contribution in [2.24, 2.45) is 0 Å². The van der Waals surface area contributed by atoms with Crippen LogP contribution in [-0.4, -0.2) is 32.7 Å². The predicted octanol–water partition coefficient (Wildman–Crippen LogP) is 3.19. The highest BCUT2D eigenvalue weighted by molar-refractivity contribution is 7.16. The van der Waals surface area contributed by atoms with Gasteiger partial charge < -0.3 is 15.4 Å². The van der Waals surface area contributed by atoms with Gasteiger partial charge in [-0.1, -0.05) is 18.2 Å². The van der Waals surface area contributed by atoms with Crippen molar-refractivity contribution >= 4 is 38.3 Å². The third kappa shape index (κ3) is 2.67. The van der Waals surface area contributed by atoms with Gasteiger partial charge in [0.1, 0.15) is 17.0 Å². The SMILES string of the molecule is OCC(Cc1c[nH]c2ccccc12)Nc1ncnc2sccc12. The van der Waals surface area contributed by atoms with Gasteiger partial charge in [0.2, 0.25) is 0 Å². The summed E-state index contributed by atoms with van der Waals surface area (Å²) in [4.78, 5) is 12.8. The maximum absolute atomic E-state index is 9.77. The molecule has 23 heavy (non-hydrogen) atoms. The molecule has 1 unspecified atom stereocenters. The first-order chi connectivity index (χ1) is 11.3. The molecular weight excluding hydrogens is 308 g/mol. The van der Waals surface area contributed by atoms with Gasteiger partial charge in [-0.2, -0.15) is 0 Å². The molecule has 5 nitrogen and oxygen atoms in total. The molecule has 6 heteroatoms. The third-order valence-electron chi connectivity index (χ3n) is 3.96. The van der Waals surface area contributed by atoms with Crippen LogP contribution in [0.1, 0.15) is 5.56 Å². The summed E-state index contributed by atoms with van der Waals surface area (Å²) in [6, 6.07) is 10.1. The summed E-state index contributed by atoms with van der Waals surface area (Å²) < 4.78 is 0. The Labute approximate surface area is 137 Å². The highest BCUT2D eigenvalue weighted by Gasteiger charge is 2.14. The third-order valence-corrected chi connectivity index (χ3v) is 4.78. The van der Waals surface area contributed by atoms with Crippen LogP contribution in [0.4, 0.5) is 5.82 Å². The highest BCUT2D eigenvalue weighted by atomic mass is 32.1. The zero-order chi connectivity index (χ0) is 15.6. The molecule has 116 valence electrons. The lowest BCUT2D eigenvalue weighted by Gasteiger charge is -2.17. The average Bonchev–Trinajstić information content (AvgIpc) is 3.22. The molecule has 1 atom stereocenters. The van der Waals surface area contributed by atoms with Gasteiger partial charge in [0.15, 0.2) is 0 Å². The first kappa shape index (κ1) is 14.2. The number of thiophene rings is 1. The smallest absolute Gasteiger partial charge is 0.138 e. The van der Waals surface area contributed by atoms with Crippen LogP contribution < -0.4 is 5.32 Å². The topological polar surface area (TPSA) is 73.8 Å². The first-order valence-corrected chi connectivity index (χ1v) is 8.33. The zero-order valence-corrected chi connectivity index (χ0v) is 13.2. The summed E-state index contributed by atoms with van der Waals surface area (Å²) in [5, 5.41) is 17.3. The number of hydrogen-bond acceptors (Lipinski definition) is 5. The molecule has 0 aliphatic carbocycles. The fourth-order valence-corrected chi connectivity index (χ4v) is 3.56. The molecule has 0 radical (unpaired) electrons. The Hall–Kier alpha value is -2.44. The number of benzene rings is 1. The summed E-state index contributed by atoms with van der Waals surface area (Å²) in [6.07, 6.45) is 4.28. The number of aliphatic hydroxyl groups is 1. The number of nitrogens with one attached hydrogen (secondary N) is 2. The molecule has 1 aromatic carbocycles. The van der Waals surface area contributed by atoms with E-state index < -0.39 is 0 Å². The number of rotatable bonds is 5. The Morgan fingerprint density at radius 2 is 2.09 bits per heavy atom. The molecule has 0 bridgehead atoms. The van der Waals surface area contributed by atoms with Crippen LogP contribution >= 0.6 is 11.3 Å². The van der Waals surface area contributed by atoms with E-state index in [-0.39, 0.29) is 12.6 Å². The summed E-state index contributed by atoms with van der Waals surface area (Å²) in [6.45, 7) is 0.0368. The first-order valence-electron chi connectivity index (χ1n) is 7.46. The summed E-state index contributed by atoms with van der Waals surface area (Å²) >= 11 is 1.58. The summed E-state index contributed by atoms with van der Waals surface area (Å²) in [5.41, 5.74) is 2.30. The molecule has 0 fully saturated rings. The van der Waals surface area contributed by atoms with E-state index in [0.29, 0.717) is 0 Å². The van der Waals surface area contributed by atoms with Crippen molar-refractivity contribution in [1.29, 1.82) is 0 Å². The molecule has 0 aliphatic rings. The van der Waals surface area contributed by atoms with E-state index in [9.17, 15) is 5.11 Å². The van der Waals surface area contributed by atoms with Crippen LogP contribution in [0.3, 0.4) is 0 Å². The average molecular weight is 324 g/mol. The van der Waals surface area contributed by atoms with Gasteiger partial charge in [-0.15, -0.1) is 11.3 Å². The minimum Gasteiger partial charge on any atom is -0.394 e. The van der Waals surface area contributed by atoms with E-state index in [1.165, 1.54) is 10.9 Å². The molecule has 3 heterocycles. The maximum Gasteiger partial charge on any atom is 0.138 e. The number of para-hydroxylation sites is 1. The number of hydrogen-bond donors (Lipinski definition) is 3. The summed E-state index contributed by atoms with van der Waals surface area (Å²) in [5.74, 6) is 0.773. The van der Waals surface area contributed by atoms with Crippen molar-refractivity contribution in [2.75, 3.05) is 11.9 Å². The fourth-order valence-electron chi connectivity index (χ4n) is 2.83. The van der Waals surface area contributed by atoms with Gasteiger partial charge in [0.25, 0.3) is 0 Å². The van der Waals surface area contributed by atoms with Crippen molar-refractivity contribution in [1.82, 2.24) is 15.0 Å². The molecule has 3 aromatic heterocycles. The number of aliphatic hydroxyl groups excluding tert-OH is 1. The predicted molar refractivity (Wildman–Crippen MR) is 93.9 cm³/mol. The molecule has 0 amide bonds. The number of aromatic amines is 1. The van der Waals surface area contributed by atoms with Crippen LogP contribution in [0, 0.1) is 0 Å². The van der Waals surface area contributed by atoms with E-state index in [1.807, 2.05) is 29.8 Å². The number of anilines is 1. The Morgan fingerprint density at radius 3 is 3.00 bits per heavy atom. The zero-order valence-electron chi connectivity index (χ0n) is 12.4. The Balaban J connectivity index is 1.60. The number of fused-ring (bicyclic) bond motifs is 2. The van der Waals surface area contributed by atoms with Crippen molar-refractivity contribution in [3.63, 3.8) is 0 Å². The molecule has 4 aromatic rings. The number of H-pyrrole nitrogens is 1. The van der Waals surface area contributed by atoms with Gasteiger partial charge in [0, 0.05) is 17.1 Å². The number of nitrogens with zero attached hydrogens (tertiary/aromatic N) is 2. The number of aromatic nitrogens is 3. The molecule has 0 saturated heterocycles. The maximum atomic E-state index is 9.77. The normalized spacial score (nSPS) is 12.7. The second-order valence-electron chi connectivity index (χ2n) is 5.45. The van der Waals surface area contributed by atoms with Gasteiger partial charge in [-0.3, -0.25) is 0 Å². The highest BCUT2D eigenvalue weighted by Crippen LogP contribution is 2.25. The minimum absolute atomic E-state index is 0.0368. The fraction of sp³-hybridized carbons (Fsp3) is 0.176.